The van der Waals surface area contributed by atoms with Gasteiger partial charge in [0.1, 0.15) is 5.75 Å². The van der Waals surface area contributed by atoms with Crippen molar-refractivity contribution in [2.45, 2.75) is 104 Å². The first-order chi connectivity index (χ1) is 14.6. The van der Waals surface area contributed by atoms with Gasteiger partial charge in [-0.25, -0.2) is 0 Å². The Hall–Kier alpha value is -0.482. The molecule has 0 bridgehead atoms. The largest absolute Gasteiger partial charge is 0.426 e. The summed E-state index contributed by atoms with van der Waals surface area (Å²) in [5.41, 5.74) is 0.204. The Bertz CT molecular complexity index is 763. The predicted octanol–water partition coefficient (Wildman–Crippen LogP) is 7.14. The van der Waals surface area contributed by atoms with Crippen LogP contribution in [0, 0.1) is 11.3 Å². The summed E-state index contributed by atoms with van der Waals surface area (Å²) in [4.78, 5) is 13.4. The van der Waals surface area contributed by atoms with Crippen LogP contribution in [0.25, 0.3) is 0 Å². The molecule has 0 heterocycles. The summed E-state index contributed by atoms with van der Waals surface area (Å²) in [6, 6.07) is 9.58. The fraction of sp³-hybridized carbons (Fsp3) is 0.720. The molecule has 1 spiro atoms. The van der Waals surface area contributed by atoms with Crippen LogP contribution in [0.4, 0.5) is 0 Å². The normalized spacial score (nSPS) is 24.2. The summed E-state index contributed by atoms with van der Waals surface area (Å²) in [5, 5.41) is 0. The minimum atomic E-state index is -2.01. The molecule has 32 heavy (non-hydrogen) atoms. The van der Waals surface area contributed by atoms with Gasteiger partial charge < -0.3 is 9.16 Å². The van der Waals surface area contributed by atoms with Crippen molar-refractivity contribution in [2.24, 2.45) is 11.3 Å². The van der Waals surface area contributed by atoms with Crippen LogP contribution in [0.1, 0.15) is 38.5 Å². The van der Waals surface area contributed by atoms with E-state index in [1.807, 2.05) is 30.3 Å². The average Bonchev–Trinajstić information content (AvgIpc) is 2.65. The number of hydrogen-bond acceptors (Lipinski definition) is 3. The van der Waals surface area contributed by atoms with E-state index in [0.717, 1.165) is 6.42 Å². The lowest BCUT2D eigenvalue weighted by molar-refractivity contribution is -0.171. The minimum absolute atomic E-state index is 0.0656. The fourth-order valence-electron chi connectivity index (χ4n) is 7.86. The smallest absolute Gasteiger partial charge is 0.316 e. The van der Waals surface area contributed by atoms with Gasteiger partial charge in [0.2, 0.25) is 0 Å². The van der Waals surface area contributed by atoms with Gasteiger partial charge in [-0.15, -0.1) is 0 Å². The van der Waals surface area contributed by atoms with Crippen molar-refractivity contribution in [3.8, 4) is 5.75 Å². The average molecular weight is 507 g/mol. The van der Waals surface area contributed by atoms with Gasteiger partial charge in [0.05, 0.1) is 34.8 Å². The molecule has 2 aliphatic rings. The second-order valence-corrected chi connectivity index (χ2v) is 52.9. The summed E-state index contributed by atoms with van der Waals surface area (Å²) in [6.07, 6.45) is 7.35. The lowest BCUT2D eigenvalue weighted by Crippen LogP contribution is -2.86. The second kappa shape index (κ2) is 8.95. The molecule has 2 saturated carbocycles. The van der Waals surface area contributed by atoms with E-state index < -0.39 is 29.6 Å². The summed E-state index contributed by atoms with van der Waals surface area (Å²) in [7, 11) is -4.75. The second-order valence-electron chi connectivity index (χ2n) is 13.4. The number of carbonyl (C=O) groups excluding carboxylic acids is 1. The number of benzene rings is 1. The Labute approximate surface area is 200 Å². The first-order valence-corrected chi connectivity index (χ1v) is 28.0. The zero-order valence-electron chi connectivity index (χ0n) is 22.0. The third-order valence-electron chi connectivity index (χ3n) is 8.18. The number of hydrogen-bond donors (Lipinski definition) is 0. The van der Waals surface area contributed by atoms with E-state index >= 15 is 0 Å². The van der Waals surface area contributed by atoms with Crippen molar-refractivity contribution in [1.82, 2.24) is 0 Å². The SMILES string of the molecule is C[Si](C)(C)[Si](O[C@@H]1[C@@H](C(=O)Oc2ccccc2)CC12CCCCC2)([Si](C)(C)C)[Si](C)(C)C. The lowest BCUT2D eigenvalue weighted by Gasteiger charge is -2.64. The number of para-hydroxylation sites is 1. The van der Waals surface area contributed by atoms with Crippen LogP contribution in [0.3, 0.4) is 0 Å². The van der Waals surface area contributed by atoms with Crippen LogP contribution in [-0.4, -0.2) is 41.7 Å². The van der Waals surface area contributed by atoms with Gasteiger partial charge in [0.25, 0.3) is 0 Å². The number of carbonyl (C=O) groups is 1. The first kappa shape index (κ1) is 26.1. The van der Waals surface area contributed by atoms with Crippen LogP contribution in [0.15, 0.2) is 30.3 Å². The first-order valence-electron chi connectivity index (χ1n) is 12.6. The van der Waals surface area contributed by atoms with Crippen LogP contribution in [0.2, 0.25) is 58.9 Å². The van der Waals surface area contributed by atoms with Crippen LogP contribution < -0.4 is 4.74 Å². The molecule has 0 aromatic heterocycles. The summed E-state index contributed by atoms with van der Waals surface area (Å²) in [5.74, 6) is 0.483. The third-order valence-corrected chi connectivity index (χ3v) is 75.7. The van der Waals surface area contributed by atoms with Crippen molar-refractivity contribution >= 4 is 35.6 Å². The van der Waals surface area contributed by atoms with E-state index in [1.54, 1.807) is 0 Å². The molecule has 0 saturated heterocycles. The highest BCUT2D eigenvalue weighted by Gasteiger charge is 2.68. The molecular weight excluding hydrogens is 461 g/mol. The monoisotopic (exact) mass is 506 g/mol. The maximum absolute atomic E-state index is 13.4. The molecule has 2 aliphatic carbocycles. The van der Waals surface area contributed by atoms with Gasteiger partial charge in [-0.3, -0.25) is 4.79 Å². The van der Waals surface area contributed by atoms with Gasteiger partial charge in [-0.1, -0.05) is 96.4 Å². The molecule has 0 radical (unpaired) electrons. The Morgan fingerprint density at radius 1 is 0.812 bits per heavy atom. The zero-order valence-corrected chi connectivity index (χ0v) is 26.0. The standard InChI is InChI=1S/C25H46O3Si4/c1-29(2,3)32(30(4,5)6,31(7,8)9)28-23-22(20-25(23)18-14-11-15-19-25)24(26)27-21-16-12-10-13-17-21/h10,12-13,16-17,22-23H,11,14-15,18-20H2,1-9H3/t22-,23+/m0/s1. The molecule has 7 heteroatoms. The van der Waals surface area contributed by atoms with Crippen molar-refractivity contribution in [3.63, 3.8) is 0 Å². The quantitative estimate of drug-likeness (QED) is 0.224. The lowest BCUT2D eigenvalue weighted by atomic mass is 9.53. The molecule has 3 nitrogen and oxygen atoms in total. The Morgan fingerprint density at radius 2 is 1.31 bits per heavy atom. The van der Waals surface area contributed by atoms with Crippen molar-refractivity contribution in [2.75, 3.05) is 0 Å². The van der Waals surface area contributed by atoms with E-state index in [-0.39, 0.29) is 23.4 Å². The molecule has 1 aromatic carbocycles. The molecule has 0 amide bonds. The van der Waals surface area contributed by atoms with Gasteiger partial charge in [-0.05, 0) is 36.8 Å². The van der Waals surface area contributed by atoms with E-state index in [2.05, 4.69) is 58.9 Å². The third kappa shape index (κ3) is 4.56. The molecule has 180 valence electrons. The zero-order chi connectivity index (χ0) is 24.0. The van der Waals surface area contributed by atoms with E-state index in [9.17, 15) is 4.79 Å². The Kier molecular flexibility index (Phi) is 7.30. The fourth-order valence-corrected chi connectivity index (χ4v) is 102. The molecule has 1 aromatic rings. The van der Waals surface area contributed by atoms with Gasteiger partial charge in [0.15, 0.2) is 6.87 Å². The maximum Gasteiger partial charge on any atom is 0.316 e. The molecular formula is C25H46O3Si4. The topological polar surface area (TPSA) is 35.5 Å². The van der Waals surface area contributed by atoms with Gasteiger partial charge in [0, 0.05) is 0 Å². The molecule has 2 atom stereocenters. The molecule has 0 aliphatic heterocycles. The van der Waals surface area contributed by atoms with Gasteiger partial charge >= 0.3 is 5.97 Å². The number of esters is 1. The highest BCUT2D eigenvalue weighted by atomic mass is 29.9. The highest BCUT2D eigenvalue weighted by molar-refractivity contribution is 7.87. The van der Waals surface area contributed by atoms with Crippen molar-refractivity contribution < 1.29 is 14.0 Å². The maximum atomic E-state index is 13.4. The van der Waals surface area contributed by atoms with Crippen LogP contribution in [0.5, 0.6) is 5.75 Å². The van der Waals surface area contributed by atoms with E-state index in [1.165, 1.54) is 32.1 Å². The summed E-state index contributed by atoms with van der Waals surface area (Å²) < 4.78 is 13.6. The molecule has 0 N–H and O–H groups in total. The number of ether oxygens (including phenoxy) is 1. The molecule has 2 fully saturated rings. The number of rotatable bonds is 7. The minimum Gasteiger partial charge on any atom is -0.426 e. The summed E-state index contributed by atoms with van der Waals surface area (Å²) in [6.45, 7) is 21.1. The molecule has 0 unspecified atom stereocenters. The van der Waals surface area contributed by atoms with Gasteiger partial charge in [-0.2, -0.15) is 0 Å². The highest BCUT2D eigenvalue weighted by Crippen LogP contribution is 2.58. The Balaban J connectivity index is 2.00. The van der Waals surface area contributed by atoms with Crippen molar-refractivity contribution in [1.29, 1.82) is 0 Å². The van der Waals surface area contributed by atoms with E-state index in [0.29, 0.717) is 5.75 Å². The predicted molar refractivity (Wildman–Crippen MR) is 146 cm³/mol. The van der Waals surface area contributed by atoms with Crippen LogP contribution in [-0.2, 0) is 9.22 Å². The van der Waals surface area contributed by atoms with E-state index in [4.69, 9.17) is 9.16 Å². The summed E-state index contributed by atoms with van der Waals surface area (Å²) >= 11 is 0. The van der Waals surface area contributed by atoms with Crippen LogP contribution >= 0.6 is 0 Å². The van der Waals surface area contributed by atoms with Crippen molar-refractivity contribution in [3.05, 3.63) is 30.3 Å². The molecule has 3 rings (SSSR count). The Morgan fingerprint density at radius 3 is 1.78 bits per heavy atom.